The van der Waals surface area contributed by atoms with E-state index >= 15 is 0 Å². The van der Waals surface area contributed by atoms with Gasteiger partial charge in [0.1, 0.15) is 0 Å². The van der Waals surface area contributed by atoms with Crippen LogP contribution in [0.5, 0.6) is 0 Å². The standard InChI is InChI=1S/C16H23ClN2O2S/c1-4-19(10-16(2,3)21)15(20)18-13-7-8-22-14-6-5-11(17)9-12(13)14/h5-6,9,13,21H,4,7-8,10H2,1-3H3,(H,18,20). The highest BCUT2D eigenvalue weighted by atomic mass is 35.5. The number of hydrogen-bond donors (Lipinski definition) is 2. The Bertz CT molecular complexity index is 545. The van der Waals surface area contributed by atoms with Gasteiger partial charge in [-0.25, -0.2) is 4.79 Å². The number of rotatable bonds is 4. The van der Waals surface area contributed by atoms with Crippen LogP contribution in [0.15, 0.2) is 23.1 Å². The molecule has 2 amide bonds. The van der Waals surface area contributed by atoms with E-state index in [9.17, 15) is 9.90 Å². The molecule has 0 saturated carbocycles. The van der Waals surface area contributed by atoms with Crippen LogP contribution < -0.4 is 5.32 Å². The summed E-state index contributed by atoms with van der Waals surface area (Å²) in [7, 11) is 0. The highest BCUT2D eigenvalue weighted by Gasteiger charge is 2.26. The van der Waals surface area contributed by atoms with E-state index in [0.29, 0.717) is 18.1 Å². The largest absolute Gasteiger partial charge is 0.389 e. The number of halogens is 1. The van der Waals surface area contributed by atoms with Gasteiger partial charge in [-0.2, -0.15) is 0 Å². The van der Waals surface area contributed by atoms with Crippen LogP contribution in [0.25, 0.3) is 0 Å². The molecule has 1 atom stereocenters. The molecule has 0 bridgehead atoms. The quantitative estimate of drug-likeness (QED) is 0.877. The minimum absolute atomic E-state index is 0.0293. The van der Waals surface area contributed by atoms with Crippen LogP contribution in [-0.2, 0) is 0 Å². The summed E-state index contributed by atoms with van der Waals surface area (Å²) < 4.78 is 0. The average Bonchev–Trinajstić information content (AvgIpc) is 2.44. The molecule has 1 unspecified atom stereocenters. The Hall–Kier alpha value is -0.910. The zero-order valence-electron chi connectivity index (χ0n) is 13.2. The van der Waals surface area contributed by atoms with Crippen molar-refractivity contribution >= 4 is 29.4 Å². The summed E-state index contributed by atoms with van der Waals surface area (Å²) in [5, 5.41) is 13.7. The van der Waals surface area contributed by atoms with Gasteiger partial charge in [-0.15, -0.1) is 11.8 Å². The molecule has 0 saturated heterocycles. The van der Waals surface area contributed by atoms with Gasteiger partial charge in [0.2, 0.25) is 0 Å². The summed E-state index contributed by atoms with van der Waals surface area (Å²) in [4.78, 5) is 15.3. The fraction of sp³-hybridized carbons (Fsp3) is 0.562. The summed E-state index contributed by atoms with van der Waals surface area (Å²) in [6.45, 7) is 6.18. The summed E-state index contributed by atoms with van der Waals surface area (Å²) in [6.07, 6.45) is 0.879. The van der Waals surface area contributed by atoms with Crippen molar-refractivity contribution < 1.29 is 9.90 Å². The van der Waals surface area contributed by atoms with Crippen molar-refractivity contribution in [2.24, 2.45) is 0 Å². The second kappa shape index (κ2) is 7.11. The number of nitrogens with one attached hydrogen (secondary N) is 1. The zero-order chi connectivity index (χ0) is 16.3. The number of nitrogens with zero attached hydrogens (tertiary/aromatic N) is 1. The number of aliphatic hydroxyl groups is 1. The van der Waals surface area contributed by atoms with Gasteiger partial charge < -0.3 is 15.3 Å². The van der Waals surface area contributed by atoms with Gasteiger partial charge in [-0.3, -0.25) is 0 Å². The van der Waals surface area contributed by atoms with Gasteiger partial charge in [0.15, 0.2) is 0 Å². The predicted octanol–water partition coefficient (Wildman–Crippen LogP) is 3.68. The number of benzene rings is 1. The molecule has 4 nitrogen and oxygen atoms in total. The first kappa shape index (κ1) is 17.4. The first-order valence-electron chi connectivity index (χ1n) is 7.50. The maximum atomic E-state index is 12.5. The van der Waals surface area contributed by atoms with E-state index in [0.717, 1.165) is 17.7 Å². The Labute approximate surface area is 141 Å². The van der Waals surface area contributed by atoms with Crippen molar-refractivity contribution in [1.29, 1.82) is 0 Å². The molecular formula is C16H23ClN2O2S. The molecule has 0 fully saturated rings. The Morgan fingerprint density at radius 2 is 2.27 bits per heavy atom. The van der Waals surface area contributed by atoms with Crippen LogP contribution in [0.2, 0.25) is 5.02 Å². The van der Waals surface area contributed by atoms with Crippen LogP contribution in [0.1, 0.15) is 38.8 Å². The number of likely N-dealkylation sites (N-methyl/N-ethyl adjacent to an activating group) is 1. The summed E-state index contributed by atoms with van der Waals surface area (Å²) in [5.74, 6) is 0.969. The second-order valence-corrected chi connectivity index (χ2v) is 7.72. The van der Waals surface area contributed by atoms with Crippen LogP contribution in [0, 0.1) is 0 Å². The molecule has 22 heavy (non-hydrogen) atoms. The number of hydrogen-bond acceptors (Lipinski definition) is 3. The molecule has 0 aromatic heterocycles. The van der Waals surface area contributed by atoms with Crippen LogP contribution >= 0.6 is 23.4 Å². The molecule has 1 aliphatic rings. The summed E-state index contributed by atoms with van der Waals surface area (Å²) in [5.41, 5.74) is 0.174. The van der Waals surface area contributed by atoms with Crippen molar-refractivity contribution in [2.75, 3.05) is 18.8 Å². The van der Waals surface area contributed by atoms with E-state index in [1.165, 1.54) is 4.90 Å². The Balaban J connectivity index is 2.11. The lowest BCUT2D eigenvalue weighted by Gasteiger charge is -2.32. The molecule has 0 spiro atoms. The Kier molecular flexibility index (Phi) is 5.64. The van der Waals surface area contributed by atoms with Crippen LogP contribution in [-0.4, -0.2) is 40.5 Å². The van der Waals surface area contributed by atoms with Gasteiger partial charge in [0.25, 0.3) is 0 Å². The molecule has 1 aromatic rings. The van der Waals surface area contributed by atoms with Gasteiger partial charge in [-0.05, 0) is 51.0 Å². The molecule has 2 rings (SSSR count). The van der Waals surface area contributed by atoms with Crippen LogP contribution in [0.4, 0.5) is 4.79 Å². The predicted molar refractivity (Wildman–Crippen MR) is 91.6 cm³/mol. The Morgan fingerprint density at radius 3 is 2.91 bits per heavy atom. The molecule has 0 aliphatic carbocycles. The van der Waals surface area contributed by atoms with E-state index in [1.807, 2.05) is 25.1 Å². The number of amides is 2. The number of carbonyl (C=O) groups is 1. The van der Waals surface area contributed by atoms with Crippen molar-refractivity contribution in [3.05, 3.63) is 28.8 Å². The first-order chi connectivity index (χ1) is 10.3. The summed E-state index contributed by atoms with van der Waals surface area (Å²) in [6, 6.07) is 5.64. The van der Waals surface area contributed by atoms with Crippen molar-refractivity contribution in [1.82, 2.24) is 10.2 Å². The van der Waals surface area contributed by atoms with Crippen molar-refractivity contribution in [2.45, 2.75) is 43.7 Å². The third kappa shape index (κ3) is 4.54. The monoisotopic (exact) mass is 342 g/mol. The van der Waals surface area contributed by atoms with E-state index in [-0.39, 0.29) is 12.1 Å². The lowest BCUT2D eigenvalue weighted by atomic mass is 10.0. The maximum Gasteiger partial charge on any atom is 0.317 e. The van der Waals surface area contributed by atoms with E-state index < -0.39 is 5.60 Å². The highest BCUT2D eigenvalue weighted by Crippen LogP contribution is 2.37. The lowest BCUT2D eigenvalue weighted by Crippen LogP contribution is -2.47. The van der Waals surface area contributed by atoms with E-state index in [1.54, 1.807) is 30.5 Å². The van der Waals surface area contributed by atoms with Crippen LogP contribution in [0.3, 0.4) is 0 Å². The fourth-order valence-corrected chi connectivity index (χ4v) is 3.84. The number of urea groups is 1. The minimum atomic E-state index is -0.906. The molecule has 0 radical (unpaired) electrons. The topological polar surface area (TPSA) is 52.6 Å². The lowest BCUT2D eigenvalue weighted by molar-refractivity contribution is 0.0475. The average molecular weight is 343 g/mol. The highest BCUT2D eigenvalue weighted by molar-refractivity contribution is 7.99. The SMILES string of the molecule is CCN(CC(C)(C)O)C(=O)NC1CCSc2ccc(Cl)cc21. The van der Waals surface area contributed by atoms with Gasteiger partial charge in [0, 0.05) is 22.2 Å². The second-order valence-electron chi connectivity index (χ2n) is 6.15. The minimum Gasteiger partial charge on any atom is -0.389 e. The molecule has 2 N–H and O–H groups in total. The first-order valence-corrected chi connectivity index (χ1v) is 8.86. The Morgan fingerprint density at radius 1 is 1.55 bits per heavy atom. The molecule has 1 aromatic carbocycles. The van der Waals surface area contributed by atoms with Crippen molar-refractivity contribution in [3.8, 4) is 0 Å². The number of thioether (sulfide) groups is 1. The number of carbonyl (C=O) groups excluding carboxylic acids is 1. The van der Waals surface area contributed by atoms with E-state index in [4.69, 9.17) is 11.6 Å². The van der Waals surface area contributed by atoms with Gasteiger partial charge >= 0.3 is 6.03 Å². The molecular weight excluding hydrogens is 320 g/mol. The normalized spacial score (nSPS) is 17.8. The maximum absolute atomic E-state index is 12.5. The summed E-state index contributed by atoms with van der Waals surface area (Å²) >= 11 is 7.88. The van der Waals surface area contributed by atoms with Crippen molar-refractivity contribution in [3.63, 3.8) is 0 Å². The molecule has 1 aliphatic heterocycles. The third-order valence-electron chi connectivity index (χ3n) is 3.56. The van der Waals surface area contributed by atoms with E-state index in [2.05, 4.69) is 5.32 Å². The molecule has 1 heterocycles. The smallest absolute Gasteiger partial charge is 0.317 e. The fourth-order valence-electron chi connectivity index (χ4n) is 2.55. The number of fused-ring (bicyclic) bond motifs is 1. The molecule has 6 heteroatoms. The zero-order valence-corrected chi connectivity index (χ0v) is 14.8. The van der Waals surface area contributed by atoms with Gasteiger partial charge in [-0.1, -0.05) is 11.6 Å². The molecule has 122 valence electrons. The van der Waals surface area contributed by atoms with Gasteiger partial charge in [0.05, 0.1) is 18.2 Å². The third-order valence-corrected chi connectivity index (χ3v) is 4.91.